The van der Waals surface area contributed by atoms with Crippen molar-refractivity contribution < 1.29 is 14.9 Å². The van der Waals surface area contributed by atoms with Gasteiger partial charge in [0.15, 0.2) is 17.0 Å². The molecule has 3 atom stereocenters. The van der Waals surface area contributed by atoms with Gasteiger partial charge in [-0.15, -0.1) is 0 Å². The Bertz CT molecular complexity index is 575. The predicted molar refractivity (Wildman–Crippen MR) is 62.0 cm³/mol. The number of hydrogen-bond donors (Lipinski definition) is 2. The molecule has 0 radical (unpaired) electrons. The zero-order chi connectivity index (χ0) is 12.7. The van der Waals surface area contributed by atoms with Crippen LogP contribution in [0.2, 0.25) is 5.15 Å². The first kappa shape index (κ1) is 11.8. The third-order valence-electron chi connectivity index (χ3n) is 2.96. The van der Waals surface area contributed by atoms with Crippen LogP contribution in [0, 0.1) is 0 Å². The highest BCUT2D eigenvalue weighted by Gasteiger charge is 2.35. The normalized spacial score (nSPS) is 28.1. The molecule has 2 aromatic rings. The summed E-state index contributed by atoms with van der Waals surface area (Å²) in [5, 5.41) is 19.2. The standard InChI is InChI=1S/C10H11ClN4O3/c11-8-7-9(13-3-12-8)15(4-14-7)10-6(17)1-5(2-16)18-10/h3-6,10,16-17H,1-2H2/t5-,6+,10+/m0/s1. The van der Waals surface area contributed by atoms with E-state index < -0.39 is 12.3 Å². The van der Waals surface area contributed by atoms with Gasteiger partial charge < -0.3 is 14.9 Å². The molecule has 8 heteroatoms. The number of rotatable bonds is 2. The highest BCUT2D eigenvalue weighted by Crippen LogP contribution is 2.31. The molecule has 2 N–H and O–H groups in total. The molecule has 96 valence electrons. The van der Waals surface area contributed by atoms with Crippen molar-refractivity contribution in [1.29, 1.82) is 0 Å². The first-order valence-electron chi connectivity index (χ1n) is 5.48. The summed E-state index contributed by atoms with van der Waals surface area (Å²) >= 11 is 5.90. The zero-order valence-corrected chi connectivity index (χ0v) is 10.0. The number of hydrogen-bond acceptors (Lipinski definition) is 6. The van der Waals surface area contributed by atoms with Crippen LogP contribution >= 0.6 is 11.6 Å². The Hall–Kier alpha value is -1.28. The highest BCUT2D eigenvalue weighted by atomic mass is 35.5. The van der Waals surface area contributed by atoms with Gasteiger partial charge in [0.1, 0.15) is 17.9 Å². The summed E-state index contributed by atoms with van der Waals surface area (Å²) in [5.74, 6) is 0. The molecule has 0 amide bonds. The molecule has 0 spiro atoms. The van der Waals surface area contributed by atoms with Crippen LogP contribution < -0.4 is 0 Å². The highest BCUT2D eigenvalue weighted by molar-refractivity contribution is 6.33. The number of aliphatic hydroxyl groups excluding tert-OH is 2. The van der Waals surface area contributed by atoms with Crippen LogP contribution in [0.15, 0.2) is 12.7 Å². The maximum absolute atomic E-state index is 9.93. The van der Waals surface area contributed by atoms with Crippen molar-refractivity contribution >= 4 is 22.8 Å². The molecule has 1 saturated heterocycles. The van der Waals surface area contributed by atoms with E-state index in [4.69, 9.17) is 21.4 Å². The molecule has 7 nitrogen and oxygen atoms in total. The van der Waals surface area contributed by atoms with Crippen LogP contribution in [-0.4, -0.2) is 48.5 Å². The maximum atomic E-state index is 9.93. The van der Waals surface area contributed by atoms with E-state index in [-0.39, 0.29) is 17.9 Å². The first-order valence-corrected chi connectivity index (χ1v) is 5.86. The van der Waals surface area contributed by atoms with E-state index in [1.54, 1.807) is 4.57 Å². The van der Waals surface area contributed by atoms with E-state index in [0.717, 1.165) is 0 Å². The molecule has 0 bridgehead atoms. The lowest BCUT2D eigenvalue weighted by Gasteiger charge is -2.16. The summed E-state index contributed by atoms with van der Waals surface area (Å²) in [6, 6.07) is 0. The third-order valence-corrected chi connectivity index (χ3v) is 3.23. The van der Waals surface area contributed by atoms with Crippen LogP contribution in [0.25, 0.3) is 11.2 Å². The van der Waals surface area contributed by atoms with Gasteiger partial charge in [-0.2, -0.15) is 0 Å². The minimum absolute atomic E-state index is 0.129. The molecule has 0 unspecified atom stereocenters. The van der Waals surface area contributed by atoms with Crippen molar-refractivity contribution in [2.45, 2.75) is 24.9 Å². The molecule has 2 aromatic heterocycles. The Morgan fingerprint density at radius 1 is 1.44 bits per heavy atom. The van der Waals surface area contributed by atoms with Crippen molar-refractivity contribution in [3.8, 4) is 0 Å². The van der Waals surface area contributed by atoms with E-state index in [0.29, 0.717) is 17.6 Å². The third kappa shape index (κ3) is 1.76. The van der Waals surface area contributed by atoms with Crippen molar-refractivity contribution in [3.63, 3.8) is 0 Å². The van der Waals surface area contributed by atoms with Crippen molar-refractivity contribution in [1.82, 2.24) is 19.5 Å². The van der Waals surface area contributed by atoms with Crippen LogP contribution in [0.4, 0.5) is 0 Å². The first-order chi connectivity index (χ1) is 8.70. The van der Waals surface area contributed by atoms with Crippen LogP contribution in [0.1, 0.15) is 12.6 Å². The molecule has 1 aliphatic rings. The second kappa shape index (κ2) is 4.43. The average Bonchev–Trinajstić information content (AvgIpc) is 2.93. The summed E-state index contributed by atoms with van der Waals surface area (Å²) in [5.41, 5.74) is 0.958. The molecule has 0 aromatic carbocycles. The molecular weight excluding hydrogens is 260 g/mol. The molecular formula is C10H11ClN4O3. The van der Waals surface area contributed by atoms with Crippen molar-refractivity contribution in [3.05, 3.63) is 17.8 Å². The summed E-state index contributed by atoms with van der Waals surface area (Å²) in [7, 11) is 0. The summed E-state index contributed by atoms with van der Waals surface area (Å²) in [6.07, 6.45) is 1.50. The number of aromatic nitrogens is 4. The monoisotopic (exact) mass is 270 g/mol. The SMILES string of the molecule is OC[C@@H]1C[C@@H](O)[C@H](n2cnc3c(Cl)ncnc32)O1. The van der Waals surface area contributed by atoms with Crippen LogP contribution in [0.5, 0.6) is 0 Å². The Labute approximate surface area is 107 Å². The Morgan fingerprint density at radius 2 is 2.28 bits per heavy atom. The van der Waals surface area contributed by atoms with Gasteiger partial charge in [0.25, 0.3) is 0 Å². The summed E-state index contributed by atoms with van der Waals surface area (Å²) < 4.78 is 7.14. The van der Waals surface area contributed by atoms with Gasteiger partial charge in [0.05, 0.1) is 19.0 Å². The second-order valence-electron chi connectivity index (χ2n) is 4.12. The molecule has 3 heterocycles. The predicted octanol–water partition coefficient (Wildman–Crippen LogP) is 0.120. The fourth-order valence-electron chi connectivity index (χ4n) is 2.11. The summed E-state index contributed by atoms with van der Waals surface area (Å²) in [4.78, 5) is 12.0. The Morgan fingerprint density at radius 3 is 3.00 bits per heavy atom. The molecule has 3 rings (SSSR count). The van der Waals surface area contributed by atoms with Gasteiger partial charge in [-0.05, 0) is 0 Å². The number of fused-ring (bicyclic) bond motifs is 1. The minimum Gasteiger partial charge on any atom is -0.394 e. The van der Waals surface area contributed by atoms with E-state index in [9.17, 15) is 5.11 Å². The second-order valence-corrected chi connectivity index (χ2v) is 4.48. The quantitative estimate of drug-likeness (QED) is 0.753. The smallest absolute Gasteiger partial charge is 0.167 e. The number of ether oxygens (including phenoxy) is 1. The lowest BCUT2D eigenvalue weighted by Crippen LogP contribution is -2.19. The van der Waals surface area contributed by atoms with Gasteiger partial charge in [0.2, 0.25) is 0 Å². The molecule has 0 saturated carbocycles. The molecule has 0 aliphatic carbocycles. The lowest BCUT2D eigenvalue weighted by atomic mass is 10.2. The van der Waals surface area contributed by atoms with Crippen LogP contribution in [0.3, 0.4) is 0 Å². The Balaban J connectivity index is 2.02. The van der Waals surface area contributed by atoms with E-state index >= 15 is 0 Å². The van der Waals surface area contributed by atoms with Crippen LogP contribution in [-0.2, 0) is 4.74 Å². The van der Waals surface area contributed by atoms with E-state index in [1.165, 1.54) is 12.7 Å². The van der Waals surface area contributed by atoms with E-state index in [1.807, 2.05) is 0 Å². The number of nitrogens with zero attached hydrogens (tertiary/aromatic N) is 4. The summed E-state index contributed by atoms with van der Waals surface area (Å²) in [6.45, 7) is -0.129. The van der Waals surface area contributed by atoms with Gasteiger partial charge in [-0.25, -0.2) is 15.0 Å². The Kier molecular flexibility index (Phi) is 2.90. The van der Waals surface area contributed by atoms with Gasteiger partial charge >= 0.3 is 0 Å². The fourth-order valence-corrected chi connectivity index (χ4v) is 2.28. The minimum atomic E-state index is -0.715. The van der Waals surface area contributed by atoms with Crippen molar-refractivity contribution in [2.24, 2.45) is 0 Å². The van der Waals surface area contributed by atoms with Gasteiger partial charge in [-0.1, -0.05) is 11.6 Å². The van der Waals surface area contributed by atoms with Gasteiger partial charge in [-0.3, -0.25) is 4.57 Å². The zero-order valence-electron chi connectivity index (χ0n) is 9.27. The molecule has 1 aliphatic heterocycles. The fraction of sp³-hybridized carbons (Fsp3) is 0.500. The maximum Gasteiger partial charge on any atom is 0.167 e. The van der Waals surface area contributed by atoms with E-state index in [2.05, 4.69) is 15.0 Å². The number of imidazole rings is 1. The molecule has 18 heavy (non-hydrogen) atoms. The molecule has 1 fully saturated rings. The lowest BCUT2D eigenvalue weighted by molar-refractivity contribution is -0.0486. The van der Waals surface area contributed by atoms with Crippen molar-refractivity contribution in [2.75, 3.05) is 6.61 Å². The average molecular weight is 271 g/mol. The topological polar surface area (TPSA) is 93.3 Å². The number of halogens is 1. The number of aliphatic hydroxyl groups is 2. The van der Waals surface area contributed by atoms with Gasteiger partial charge in [0, 0.05) is 6.42 Å². The largest absolute Gasteiger partial charge is 0.394 e.